The highest BCUT2D eigenvalue weighted by Gasteiger charge is 2.41. The number of nitrogens with zero attached hydrogens (tertiary/aromatic N) is 14. The zero-order valence-corrected chi connectivity index (χ0v) is 57.0. The number of H-pyrrole nitrogens is 2. The summed E-state index contributed by atoms with van der Waals surface area (Å²) in [6.45, 7) is 26.2. The van der Waals surface area contributed by atoms with E-state index >= 15 is 0 Å². The van der Waals surface area contributed by atoms with Crippen LogP contribution in [-0.4, -0.2) is 200 Å². The first kappa shape index (κ1) is 66.3. The van der Waals surface area contributed by atoms with Gasteiger partial charge in [0.05, 0.1) is 64.9 Å². The van der Waals surface area contributed by atoms with Gasteiger partial charge in [0.25, 0.3) is 0 Å². The Morgan fingerprint density at radius 1 is 0.500 bits per heavy atom. The maximum absolute atomic E-state index is 12.0. The van der Waals surface area contributed by atoms with Crippen molar-refractivity contribution in [2.45, 2.75) is 104 Å². The Bertz CT molecular complexity index is 4110. The third-order valence-electron chi connectivity index (χ3n) is 17.0. The minimum Gasteiger partial charge on any atom is -0.368 e. The predicted molar refractivity (Wildman–Crippen MR) is 357 cm³/mol. The molecule has 22 nitrogen and oxygen atoms in total. The van der Waals surface area contributed by atoms with Gasteiger partial charge in [-0.2, -0.15) is 29.0 Å². The molecule has 4 atom stereocenters. The zero-order valence-electron chi connectivity index (χ0n) is 52.3. The summed E-state index contributed by atoms with van der Waals surface area (Å²) in [5, 5.41) is 29.6. The number of rotatable bonds is 6. The first-order valence-electron chi connectivity index (χ1n) is 29.1. The fourth-order valence-electron chi connectivity index (χ4n) is 13.6. The fourth-order valence-corrected chi connectivity index (χ4v) is 17.3. The zero-order chi connectivity index (χ0) is 64.3. The quantitative estimate of drug-likeness (QED) is 0.158. The van der Waals surface area contributed by atoms with Crippen molar-refractivity contribution in [3.63, 3.8) is 0 Å². The molecule has 4 aromatic carbocycles. The lowest BCUT2D eigenvalue weighted by Gasteiger charge is -2.47. The molecule has 8 aromatic rings. The van der Waals surface area contributed by atoms with Gasteiger partial charge in [-0.15, -0.1) is 0 Å². The highest BCUT2D eigenvalue weighted by molar-refractivity contribution is 7.88. The maximum atomic E-state index is 12.0. The number of sulfonamides is 2. The van der Waals surface area contributed by atoms with Crippen LogP contribution in [0.4, 0.5) is 22.7 Å². The topological polar surface area (TPSA) is 221 Å². The first-order chi connectivity index (χ1) is 41.1. The number of hydrogen-bond acceptors (Lipinski definition) is 14. The van der Waals surface area contributed by atoms with Crippen LogP contribution in [0.3, 0.4) is 0 Å². The Hall–Kier alpha value is -6.12. The number of aryl methyl sites for hydroxylation is 2. The SMILES string of the molecule is CC(=O)N1CCN(c2cc(Cl)cc3c2cnn3C)CC1(C)C.CC(=O)N1[C@H](C)CN(c2cc(Cl)cc3[nH]ncc23)C[C@H]1C.C[C@@H]1CN(c2cc(Cl)cc3[nH]ncc23)C[C@@H](C)N1S(C)(=O)=O.Cn1ncc2c(N3CCN(S(C)(=O)=O)C(C)(C)C3)cc(Cl)cc21. The maximum Gasteiger partial charge on any atom is 0.220 e. The summed E-state index contributed by atoms with van der Waals surface area (Å²) in [4.78, 5) is 36.4. The van der Waals surface area contributed by atoms with Gasteiger partial charge >= 0.3 is 0 Å². The summed E-state index contributed by atoms with van der Waals surface area (Å²) < 4.78 is 54.7. The number of benzene rings is 4. The number of anilines is 4. The van der Waals surface area contributed by atoms with Crippen LogP contribution in [0.1, 0.15) is 69.2 Å². The molecule has 476 valence electrons. The molecule has 0 bridgehead atoms. The van der Waals surface area contributed by atoms with Crippen molar-refractivity contribution in [1.29, 1.82) is 0 Å². The molecule has 12 rings (SSSR count). The first-order valence-corrected chi connectivity index (χ1v) is 34.3. The minimum absolute atomic E-state index is 0.0975. The second-order valence-electron chi connectivity index (χ2n) is 25.0. The summed E-state index contributed by atoms with van der Waals surface area (Å²) in [6.07, 6.45) is 9.85. The molecule has 4 aliphatic rings. The molecular weight excluding hydrogens is 1250 g/mol. The molecule has 2 amide bonds. The van der Waals surface area contributed by atoms with Gasteiger partial charge < -0.3 is 29.4 Å². The van der Waals surface area contributed by atoms with E-state index in [0.29, 0.717) is 52.8 Å². The average Bonchev–Trinajstić information content (AvgIpc) is 1.82. The van der Waals surface area contributed by atoms with Crippen LogP contribution >= 0.6 is 46.4 Å². The summed E-state index contributed by atoms with van der Waals surface area (Å²) in [7, 11) is -2.63. The van der Waals surface area contributed by atoms with E-state index < -0.39 is 25.6 Å². The van der Waals surface area contributed by atoms with Gasteiger partial charge in [0.2, 0.25) is 31.9 Å². The second-order valence-corrected chi connectivity index (χ2v) is 30.5. The van der Waals surface area contributed by atoms with E-state index in [4.69, 9.17) is 46.4 Å². The molecule has 0 unspecified atom stereocenters. The van der Waals surface area contributed by atoms with Crippen LogP contribution in [-0.2, 0) is 43.7 Å². The van der Waals surface area contributed by atoms with Crippen molar-refractivity contribution in [1.82, 2.24) is 58.4 Å². The van der Waals surface area contributed by atoms with Crippen LogP contribution in [0, 0.1) is 0 Å². The third-order valence-corrected chi connectivity index (χ3v) is 20.8. The third kappa shape index (κ3) is 14.1. The van der Waals surface area contributed by atoms with Gasteiger partial charge in [0.1, 0.15) is 0 Å². The average molecular weight is 1330 g/mol. The number of hydrogen-bond donors (Lipinski definition) is 2. The monoisotopic (exact) mass is 1320 g/mol. The molecule has 88 heavy (non-hydrogen) atoms. The number of piperazine rings is 4. The number of nitrogens with one attached hydrogen (secondary N) is 2. The lowest BCUT2D eigenvalue weighted by molar-refractivity contribution is -0.135. The van der Waals surface area contributed by atoms with Gasteiger partial charge in [0.15, 0.2) is 0 Å². The molecule has 28 heteroatoms. The number of aromatic nitrogens is 8. The Kier molecular flexibility index (Phi) is 19.3. The Labute approximate surface area is 535 Å². The molecule has 0 saturated carbocycles. The number of carbonyl (C=O) groups is 2. The molecule has 8 heterocycles. The normalized spacial score (nSPS) is 21.1. The van der Waals surface area contributed by atoms with Crippen LogP contribution in [0.25, 0.3) is 43.6 Å². The highest BCUT2D eigenvalue weighted by Crippen LogP contribution is 2.38. The molecule has 4 saturated heterocycles. The van der Waals surface area contributed by atoms with E-state index in [2.05, 4.69) is 77.9 Å². The summed E-state index contributed by atoms with van der Waals surface area (Å²) in [5.41, 5.74) is 7.28. The minimum atomic E-state index is -3.22. The number of amides is 2. The lowest BCUT2D eigenvalue weighted by atomic mass is 9.97. The van der Waals surface area contributed by atoms with Crippen LogP contribution < -0.4 is 19.6 Å². The number of fused-ring (bicyclic) bond motifs is 4. The van der Waals surface area contributed by atoms with Crippen LogP contribution in [0.2, 0.25) is 20.1 Å². The molecule has 0 radical (unpaired) electrons. The summed E-state index contributed by atoms with van der Waals surface area (Å²) >= 11 is 25.0. The fraction of sp³-hybridized carbons (Fsp3) is 0.500. The van der Waals surface area contributed by atoms with E-state index in [-0.39, 0.29) is 41.5 Å². The van der Waals surface area contributed by atoms with E-state index in [1.807, 2.05) is 123 Å². The summed E-state index contributed by atoms with van der Waals surface area (Å²) in [5.74, 6) is 0.261. The Morgan fingerprint density at radius 2 is 0.886 bits per heavy atom. The molecule has 0 spiro atoms. The Morgan fingerprint density at radius 3 is 1.26 bits per heavy atom. The smallest absolute Gasteiger partial charge is 0.220 e. The van der Waals surface area contributed by atoms with Gasteiger partial charge in [-0.1, -0.05) is 46.4 Å². The second kappa shape index (κ2) is 25.6. The number of carbonyl (C=O) groups excluding carboxylic acids is 2. The predicted octanol–water partition coefficient (Wildman–Crippen LogP) is 9.50. The molecule has 4 fully saturated rings. The van der Waals surface area contributed by atoms with Crippen molar-refractivity contribution < 1.29 is 26.4 Å². The molecule has 0 aliphatic carbocycles. The number of halogens is 4. The van der Waals surface area contributed by atoms with Crippen molar-refractivity contribution in [3.8, 4) is 0 Å². The van der Waals surface area contributed by atoms with Gasteiger partial charge in [-0.3, -0.25) is 29.2 Å². The molecule has 4 aliphatic heterocycles. The largest absolute Gasteiger partial charge is 0.368 e. The van der Waals surface area contributed by atoms with E-state index in [9.17, 15) is 26.4 Å². The molecule has 2 N–H and O–H groups in total. The van der Waals surface area contributed by atoms with Crippen molar-refractivity contribution in [2.75, 3.05) is 97.6 Å². The highest BCUT2D eigenvalue weighted by atomic mass is 35.5. The van der Waals surface area contributed by atoms with Crippen molar-refractivity contribution in [2.24, 2.45) is 14.1 Å². The van der Waals surface area contributed by atoms with Crippen molar-refractivity contribution >= 4 is 145 Å². The van der Waals surface area contributed by atoms with Gasteiger partial charge in [-0.25, -0.2) is 16.8 Å². The van der Waals surface area contributed by atoms with Crippen molar-refractivity contribution in [3.05, 3.63) is 93.4 Å². The Balaban J connectivity index is 0.000000140. The van der Waals surface area contributed by atoms with Crippen LogP contribution in [0.15, 0.2) is 73.3 Å². The van der Waals surface area contributed by atoms with E-state index in [1.165, 1.54) is 12.5 Å². The van der Waals surface area contributed by atoms with E-state index in [1.54, 1.807) is 33.3 Å². The van der Waals surface area contributed by atoms with Crippen LogP contribution in [0.5, 0.6) is 0 Å². The number of aromatic amines is 2. The van der Waals surface area contributed by atoms with E-state index in [0.717, 1.165) is 99.1 Å². The van der Waals surface area contributed by atoms with Gasteiger partial charge in [-0.05, 0) is 104 Å². The lowest BCUT2D eigenvalue weighted by Crippen LogP contribution is -2.60. The summed E-state index contributed by atoms with van der Waals surface area (Å²) in [6, 6.07) is 15.5. The standard InChI is InChI=1S/C16H21ClN4O.C15H21ClN4O2S.C15H19ClN4O.C14H19ClN4O2S/c1-11(22)21-6-5-20(10-16(21,2)3)15-8-12(17)7-14-13(15)9-18-19(14)4;1-15(2)10-19(5-6-20(15)23(4,21)22)14-8-11(16)7-13-12(14)9-17-18(13)3;1-9-7-19(8-10(2)20(9)11(3)21)15-5-12(16)4-14-13(15)6-17-18-14;1-9-7-18(8-10(2)19(9)22(3,20)21)14-5-11(15)4-13-12(14)6-16-17-13/h7-9H,5-6,10H2,1-4H3;7-9H,5-6,10H2,1-4H3;4-6,9-10H,7-8H2,1-3H3,(H,17,18);4-6,9-10H,7-8H2,1-3H3,(H,16,17)/t;;2*9-,10-/m..11/s1. The molecular formula is C60H80Cl4N16O6S2. The molecule has 4 aromatic heterocycles. The van der Waals surface area contributed by atoms with Gasteiger partial charge in [0, 0.05) is 187 Å².